The minimum Gasteiger partial charge on any atom is -0.507 e. The largest absolute Gasteiger partial charge is 0.507 e. The molecule has 0 saturated carbocycles. The first-order valence-electron chi connectivity index (χ1n) is 11.6. The molecule has 40 heavy (non-hydrogen) atoms. The predicted octanol–water partition coefficient (Wildman–Crippen LogP) is 3.74. The van der Waals surface area contributed by atoms with Crippen molar-refractivity contribution < 1.29 is 51.1 Å². The molecule has 1 aromatic heterocycles. The number of phenols is 10. The van der Waals surface area contributed by atoms with E-state index in [0.29, 0.717) is 11.0 Å². The summed E-state index contributed by atoms with van der Waals surface area (Å²) in [5, 5.41) is 115. The smallest absolute Gasteiger partial charge is 0.204 e. The van der Waals surface area contributed by atoms with Crippen LogP contribution in [-0.4, -0.2) is 66.1 Å². The van der Waals surface area contributed by atoms with Gasteiger partial charge in [0.2, 0.25) is 11.5 Å². The Morgan fingerprint density at radius 2 is 0.900 bits per heavy atom. The van der Waals surface area contributed by atoms with Gasteiger partial charge in [0.25, 0.3) is 0 Å². The van der Waals surface area contributed by atoms with Crippen molar-refractivity contribution in [3.63, 3.8) is 0 Å². The molecule has 0 radical (unpaired) electrons. The molecule has 10 N–H and O–H groups in total. The van der Waals surface area contributed by atoms with Crippen molar-refractivity contribution in [1.29, 1.82) is 0 Å². The van der Waals surface area contributed by atoms with E-state index in [4.69, 9.17) is 0 Å². The average Bonchev–Trinajstić information content (AvgIpc) is 3.36. The molecule has 0 spiro atoms. The molecule has 0 unspecified atom stereocenters. The van der Waals surface area contributed by atoms with E-state index in [0.717, 1.165) is 4.68 Å². The Labute approximate surface area is 224 Å². The Hall–Kier alpha value is -5.72. The Morgan fingerprint density at radius 3 is 1.48 bits per heavy atom. The summed E-state index contributed by atoms with van der Waals surface area (Å²) in [5.74, 6) is -8.85. The van der Waals surface area contributed by atoms with E-state index in [-0.39, 0.29) is 27.8 Å². The standard InChI is InChI=1S/C27H23N3O10/c1-8-13(14-10(3)20(33)26(39)27(40)21(14)34)18(31)9(2)15(19(8)32)16-22(35)24(37)17(25(38)23(16)36)30-12-7-5-4-6-11(12)28-29-30/h4-7,31-40H,1-3H3. The van der Waals surface area contributed by atoms with Crippen LogP contribution in [0.4, 0.5) is 0 Å². The second kappa shape index (κ2) is 8.66. The third kappa shape index (κ3) is 3.27. The van der Waals surface area contributed by atoms with Crippen LogP contribution in [0.15, 0.2) is 24.3 Å². The van der Waals surface area contributed by atoms with Crippen LogP contribution in [0.5, 0.6) is 57.5 Å². The fourth-order valence-electron chi connectivity index (χ4n) is 4.86. The zero-order valence-corrected chi connectivity index (χ0v) is 21.1. The van der Waals surface area contributed by atoms with Crippen molar-refractivity contribution in [3.05, 3.63) is 41.0 Å². The molecule has 4 aromatic carbocycles. The molecule has 13 nitrogen and oxygen atoms in total. The van der Waals surface area contributed by atoms with Crippen LogP contribution < -0.4 is 0 Å². The van der Waals surface area contributed by atoms with Gasteiger partial charge in [-0.3, -0.25) is 0 Å². The first-order valence-corrected chi connectivity index (χ1v) is 11.6. The highest BCUT2D eigenvalue weighted by molar-refractivity contribution is 5.97. The second-order valence-corrected chi connectivity index (χ2v) is 9.20. The summed E-state index contributed by atoms with van der Waals surface area (Å²) in [4.78, 5) is 0. The summed E-state index contributed by atoms with van der Waals surface area (Å²) in [6.07, 6.45) is 0. The van der Waals surface area contributed by atoms with Crippen LogP contribution in [0.25, 0.3) is 39.0 Å². The third-order valence-electron chi connectivity index (χ3n) is 7.01. The van der Waals surface area contributed by atoms with Gasteiger partial charge in [0, 0.05) is 33.4 Å². The predicted molar refractivity (Wildman–Crippen MR) is 141 cm³/mol. The molecule has 5 aromatic rings. The topological polar surface area (TPSA) is 233 Å². The Kier molecular flexibility index (Phi) is 5.61. The Bertz CT molecular complexity index is 1810. The van der Waals surface area contributed by atoms with Crippen molar-refractivity contribution in [1.82, 2.24) is 15.0 Å². The van der Waals surface area contributed by atoms with E-state index in [1.54, 1.807) is 24.3 Å². The molecule has 0 amide bonds. The van der Waals surface area contributed by atoms with Crippen molar-refractivity contribution in [2.24, 2.45) is 0 Å². The maximum absolute atomic E-state index is 11.2. The van der Waals surface area contributed by atoms with Crippen LogP contribution >= 0.6 is 0 Å². The van der Waals surface area contributed by atoms with Gasteiger partial charge in [-0.05, 0) is 32.9 Å². The minimum absolute atomic E-state index is 0.150. The van der Waals surface area contributed by atoms with E-state index in [1.807, 2.05) is 0 Å². The number of fused-ring (bicyclic) bond motifs is 1. The van der Waals surface area contributed by atoms with Crippen molar-refractivity contribution in [3.8, 4) is 85.4 Å². The highest BCUT2D eigenvalue weighted by atomic mass is 16.3. The van der Waals surface area contributed by atoms with Crippen molar-refractivity contribution in [2.75, 3.05) is 0 Å². The number of nitrogens with zero attached hydrogens (tertiary/aromatic N) is 3. The molecule has 0 fully saturated rings. The van der Waals surface area contributed by atoms with E-state index in [1.165, 1.54) is 20.8 Å². The summed E-state index contributed by atoms with van der Waals surface area (Å²) in [7, 11) is 0. The summed E-state index contributed by atoms with van der Waals surface area (Å²) in [5.41, 5.74) is -1.90. The summed E-state index contributed by atoms with van der Waals surface area (Å²) >= 11 is 0. The van der Waals surface area contributed by atoms with Gasteiger partial charge in [0.1, 0.15) is 17.0 Å². The molecule has 0 saturated heterocycles. The molecule has 0 aliphatic carbocycles. The Balaban J connectivity index is 1.82. The van der Waals surface area contributed by atoms with E-state index < -0.39 is 74.3 Å². The van der Waals surface area contributed by atoms with Gasteiger partial charge in [0.05, 0.1) is 11.1 Å². The zero-order chi connectivity index (χ0) is 29.4. The first-order chi connectivity index (χ1) is 18.8. The normalized spacial score (nSPS) is 11.4. The molecule has 13 heteroatoms. The highest BCUT2D eigenvalue weighted by Gasteiger charge is 2.33. The SMILES string of the molecule is Cc1c(O)c(-c2c(O)c(O)c(-n3nnc4ccccc43)c(O)c2O)c(C)c(O)c1-c1c(C)c(O)c(O)c(O)c1O. The number of aromatic nitrogens is 3. The van der Waals surface area contributed by atoms with Gasteiger partial charge in [-0.25, -0.2) is 4.68 Å². The summed E-state index contributed by atoms with van der Waals surface area (Å²) in [6.45, 7) is 3.84. The van der Waals surface area contributed by atoms with Crippen LogP contribution in [-0.2, 0) is 0 Å². The summed E-state index contributed by atoms with van der Waals surface area (Å²) in [6, 6.07) is 6.52. The summed E-state index contributed by atoms with van der Waals surface area (Å²) < 4.78 is 0.997. The lowest BCUT2D eigenvalue weighted by molar-refractivity contribution is 0.345. The van der Waals surface area contributed by atoms with Crippen LogP contribution in [0.3, 0.4) is 0 Å². The lowest BCUT2D eigenvalue weighted by Crippen LogP contribution is -2.01. The number of aromatic hydroxyl groups is 10. The molecule has 0 atom stereocenters. The molecule has 5 rings (SSSR count). The Morgan fingerprint density at radius 1 is 0.475 bits per heavy atom. The van der Waals surface area contributed by atoms with E-state index in [9.17, 15) is 51.1 Å². The number of rotatable bonds is 3. The molecule has 1 heterocycles. The van der Waals surface area contributed by atoms with Gasteiger partial charge in [-0.2, -0.15) is 0 Å². The average molecular weight is 549 g/mol. The lowest BCUT2D eigenvalue weighted by atomic mass is 9.86. The number of hydrogen-bond acceptors (Lipinski definition) is 12. The number of phenolic OH excluding ortho intramolecular Hbond substituents is 10. The molecule has 0 bridgehead atoms. The zero-order valence-electron chi connectivity index (χ0n) is 21.1. The first kappa shape index (κ1) is 25.9. The maximum Gasteiger partial charge on any atom is 0.204 e. The lowest BCUT2D eigenvalue weighted by Gasteiger charge is -2.23. The van der Waals surface area contributed by atoms with Crippen molar-refractivity contribution in [2.45, 2.75) is 20.8 Å². The number of benzene rings is 4. The van der Waals surface area contributed by atoms with Gasteiger partial charge in [-0.15, -0.1) is 5.10 Å². The van der Waals surface area contributed by atoms with E-state index in [2.05, 4.69) is 10.3 Å². The maximum atomic E-state index is 11.2. The van der Waals surface area contributed by atoms with Crippen molar-refractivity contribution >= 4 is 11.0 Å². The molecular weight excluding hydrogens is 526 g/mol. The van der Waals surface area contributed by atoms with Gasteiger partial charge < -0.3 is 51.1 Å². The quantitative estimate of drug-likeness (QED) is 0.114. The fourth-order valence-corrected chi connectivity index (χ4v) is 4.86. The number of hydrogen-bond donors (Lipinski definition) is 10. The highest BCUT2D eigenvalue weighted by Crippen LogP contribution is 2.60. The van der Waals surface area contributed by atoms with Crippen LogP contribution in [0, 0.1) is 20.8 Å². The second-order valence-electron chi connectivity index (χ2n) is 9.20. The minimum atomic E-state index is -1.07. The number of para-hydroxylation sites is 1. The third-order valence-corrected chi connectivity index (χ3v) is 7.01. The van der Waals surface area contributed by atoms with E-state index >= 15 is 0 Å². The molecular formula is C27H23N3O10. The molecule has 0 aliphatic heterocycles. The van der Waals surface area contributed by atoms with Gasteiger partial charge in [-0.1, -0.05) is 17.3 Å². The van der Waals surface area contributed by atoms with Gasteiger partial charge >= 0.3 is 0 Å². The monoisotopic (exact) mass is 549 g/mol. The van der Waals surface area contributed by atoms with Gasteiger partial charge in [0.15, 0.2) is 40.2 Å². The molecule has 0 aliphatic rings. The van der Waals surface area contributed by atoms with Crippen LogP contribution in [0.2, 0.25) is 0 Å². The fraction of sp³-hybridized carbons (Fsp3) is 0.111. The molecule has 206 valence electrons. The van der Waals surface area contributed by atoms with Crippen LogP contribution in [0.1, 0.15) is 16.7 Å².